The van der Waals surface area contributed by atoms with Gasteiger partial charge in [-0.3, -0.25) is 9.59 Å². The first-order valence-electron chi connectivity index (χ1n) is 8.95. The standard InChI is InChI=1S/C19H20F3N3O3/c1-2-6-16-13(9-23-25(16)12-7-4-3-5-8-12)17(26)24-10-14(18(27)28)15(11-24)19(20,21)22/h3-5,7-9,14-15H,2,6,10-11H2,1H3,(H,27,28)/t14-,15-/m1/s1. The van der Waals surface area contributed by atoms with Crippen molar-refractivity contribution in [2.75, 3.05) is 13.1 Å². The summed E-state index contributed by atoms with van der Waals surface area (Å²) in [6, 6.07) is 9.11. The normalized spacial score (nSPS) is 19.8. The lowest BCUT2D eigenvalue weighted by atomic mass is 9.96. The molecule has 0 spiro atoms. The van der Waals surface area contributed by atoms with Crippen LogP contribution in [0, 0.1) is 11.8 Å². The summed E-state index contributed by atoms with van der Waals surface area (Å²) in [4.78, 5) is 25.2. The van der Waals surface area contributed by atoms with E-state index in [9.17, 15) is 22.8 Å². The number of aliphatic carboxylic acids is 1. The molecule has 1 aliphatic rings. The number of alkyl halides is 3. The quantitative estimate of drug-likeness (QED) is 0.844. The summed E-state index contributed by atoms with van der Waals surface area (Å²) in [7, 11) is 0. The number of carboxylic acid groups (broad SMARTS) is 1. The molecular weight excluding hydrogens is 375 g/mol. The Kier molecular flexibility index (Phi) is 5.44. The number of nitrogens with zero attached hydrogens (tertiary/aromatic N) is 3. The van der Waals surface area contributed by atoms with E-state index >= 15 is 0 Å². The number of hydrogen-bond acceptors (Lipinski definition) is 3. The van der Waals surface area contributed by atoms with Crippen LogP contribution in [0.1, 0.15) is 29.4 Å². The Labute approximate surface area is 159 Å². The molecular formula is C19H20F3N3O3. The Balaban J connectivity index is 1.93. The third-order valence-corrected chi connectivity index (χ3v) is 4.93. The molecule has 2 heterocycles. The maximum atomic E-state index is 13.2. The van der Waals surface area contributed by atoms with Crippen molar-refractivity contribution >= 4 is 11.9 Å². The van der Waals surface area contributed by atoms with E-state index < -0.39 is 43.0 Å². The van der Waals surface area contributed by atoms with E-state index in [0.29, 0.717) is 18.5 Å². The lowest BCUT2D eigenvalue weighted by Crippen LogP contribution is -2.34. The zero-order valence-corrected chi connectivity index (χ0v) is 15.2. The second-order valence-electron chi connectivity index (χ2n) is 6.81. The number of carbonyl (C=O) groups excluding carboxylic acids is 1. The summed E-state index contributed by atoms with van der Waals surface area (Å²) in [5.41, 5.74) is 1.54. The van der Waals surface area contributed by atoms with Crippen molar-refractivity contribution in [2.24, 2.45) is 11.8 Å². The van der Waals surface area contributed by atoms with Gasteiger partial charge in [0.25, 0.3) is 5.91 Å². The highest BCUT2D eigenvalue weighted by atomic mass is 19.4. The van der Waals surface area contributed by atoms with Crippen molar-refractivity contribution in [2.45, 2.75) is 25.9 Å². The summed E-state index contributed by atoms with van der Waals surface area (Å²) in [5.74, 6) is -5.91. The number of halogens is 3. The van der Waals surface area contributed by atoms with Gasteiger partial charge in [-0.05, 0) is 18.6 Å². The van der Waals surface area contributed by atoms with Crippen LogP contribution in [0.3, 0.4) is 0 Å². The number of likely N-dealkylation sites (tertiary alicyclic amines) is 1. The molecule has 0 unspecified atom stereocenters. The van der Waals surface area contributed by atoms with E-state index in [1.807, 2.05) is 37.3 Å². The number of carboxylic acids is 1. The van der Waals surface area contributed by atoms with Gasteiger partial charge in [-0.2, -0.15) is 18.3 Å². The van der Waals surface area contributed by atoms with Gasteiger partial charge in [-0.25, -0.2) is 4.68 Å². The molecule has 28 heavy (non-hydrogen) atoms. The van der Waals surface area contributed by atoms with Crippen LogP contribution in [-0.2, 0) is 11.2 Å². The molecule has 1 aromatic carbocycles. The highest BCUT2D eigenvalue weighted by Crippen LogP contribution is 2.38. The van der Waals surface area contributed by atoms with Crippen LogP contribution in [0.25, 0.3) is 5.69 Å². The average Bonchev–Trinajstić information content (AvgIpc) is 3.27. The summed E-state index contributed by atoms with van der Waals surface area (Å²) < 4.78 is 41.3. The van der Waals surface area contributed by atoms with E-state index in [1.54, 1.807) is 4.68 Å². The minimum absolute atomic E-state index is 0.206. The van der Waals surface area contributed by atoms with Crippen LogP contribution in [0.5, 0.6) is 0 Å². The van der Waals surface area contributed by atoms with Crippen LogP contribution < -0.4 is 0 Å². The van der Waals surface area contributed by atoms with Crippen molar-refractivity contribution in [3.63, 3.8) is 0 Å². The number of aromatic nitrogens is 2. The number of hydrogen-bond donors (Lipinski definition) is 1. The molecule has 0 radical (unpaired) electrons. The maximum absolute atomic E-state index is 13.2. The van der Waals surface area contributed by atoms with Crippen LogP contribution >= 0.6 is 0 Å². The number of carbonyl (C=O) groups is 2. The van der Waals surface area contributed by atoms with Gasteiger partial charge in [0, 0.05) is 13.1 Å². The molecule has 3 rings (SSSR count). The third kappa shape index (κ3) is 3.74. The monoisotopic (exact) mass is 395 g/mol. The van der Waals surface area contributed by atoms with Crippen molar-refractivity contribution < 1.29 is 27.9 Å². The smallest absolute Gasteiger partial charge is 0.394 e. The van der Waals surface area contributed by atoms with E-state index in [2.05, 4.69) is 5.10 Å². The third-order valence-electron chi connectivity index (χ3n) is 4.93. The minimum atomic E-state index is -4.68. The largest absolute Gasteiger partial charge is 0.481 e. The highest BCUT2D eigenvalue weighted by molar-refractivity contribution is 5.96. The minimum Gasteiger partial charge on any atom is -0.481 e. The average molecular weight is 395 g/mol. The van der Waals surface area contributed by atoms with Crippen LogP contribution in [-0.4, -0.2) is 50.9 Å². The topological polar surface area (TPSA) is 75.4 Å². The second-order valence-corrected chi connectivity index (χ2v) is 6.81. The van der Waals surface area contributed by atoms with Gasteiger partial charge < -0.3 is 10.0 Å². The van der Waals surface area contributed by atoms with Gasteiger partial charge in [-0.1, -0.05) is 31.5 Å². The molecule has 0 aliphatic carbocycles. The van der Waals surface area contributed by atoms with Crippen molar-refractivity contribution in [3.05, 3.63) is 47.8 Å². The molecule has 1 aliphatic heterocycles. The van der Waals surface area contributed by atoms with E-state index in [0.717, 1.165) is 10.6 Å². The summed E-state index contributed by atoms with van der Waals surface area (Å²) >= 11 is 0. The lowest BCUT2D eigenvalue weighted by molar-refractivity contribution is -0.187. The summed E-state index contributed by atoms with van der Waals surface area (Å²) in [6.07, 6.45) is -2.12. The van der Waals surface area contributed by atoms with Crippen molar-refractivity contribution in [3.8, 4) is 5.69 Å². The molecule has 1 N–H and O–H groups in total. The van der Waals surface area contributed by atoms with Gasteiger partial charge in [0.1, 0.15) is 0 Å². The second kappa shape index (κ2) is 7.65. The summed E-state index contributed by atoms with van der Waals surface area (Å²) in [6.45, 7) is 0.786. The Morgan fingerprint density at radius 2 is 1.89 bits per heavy atom. The fourth-order valence-corrected chi connectivity index (χ4v) is 3.54. The fraction of sp³-hybridized carbons (Fsp3) is 0.421. The number of amides is 1. The highest BCUT2D eigenvalue weighted by Gasteiger charge is 2.53. The Morgan fingerprint density at radius 3 is 2.43 bits per heavy atom. The predicted molar refractivity (Wildman–Crippen MR) is 94.1 cm³/mol. The Hall–Kier alpha value is -2.84. The fourth-order valence-electron chi connectivity index (χ4n) is 3.54. The predicted octanol–water partition coefficient (Wildman–Crippen LogP) is 3.16. The maximum Gasteiger partial charge on any atom is 0.394 e. The summed E-state index contributed by atoms with van der Waals surface area (Å²) in [5, 5.41) is 13.4. The lowest BCUT2D eigenvalue weighted by Gasteiger charge is -2.18. The first kappa shape index (κ1) is 19.9. The Bertz CT molecular complexity index is 864. The van der Waals surface area contributed by atoms with Crippen LogP contribution in [0.15, 0.2) is 36.5 Å². The van der Waals surface area contributed by atoms with Gasteiger partial charge in [0.2, 0.25) is 0 Å². The SMILES string of the molecule is CCCc1c(C(=O)N2C[C@@H](C(F)(F)F)[C@H](C(=O)O)C2)cnn1-c1ccccc1. The van der Waals surface area contributed by atoms with Crippen LogP contribution in [0.4, 0.5) is 13.2 Å². The van der Waals surface area contributed by atoms with Gasteiger partial charge in [0.05, 0.1) is 35.0 Å². The molecule has 9 heteroatoms. The first-order chi connectivity index (χ1) is 13.2. The molecule has 1 saturated heterocycles. The molecule has 2 aromatic rings. The van der Waals surface area contributed by atoms with Gasteiger partial charge in [0.15, 0.2) is 0 Å². The molecule has 150 valence electrons. The van der Waals surface area contributed by atoms with Crippen molar-refractivity contribution in [1.82, 2.24) is 14.7 Å². The van der Waals surface area contributed by atoms with E-state index in [4.69, 9.17) is 5.11 Å². The van der Waals surface area contributed by atoms with Gasteiger partial charge >= 0.3 is 12.1 Å². The van der Waals surface area contributed by atoms with Crippen molar-refractivity contribution in [1.29, 1.82) is 0 Å². The molecule has 0 saturated carbocycles. The van der Waals surface area contributed by atoms with Gasteiger partial charge in [-0.15, -0.1) is 0 Å². The van der Waals surface area contributed by atoms with E-state index in [1.165, 1.54) is 6.20 Å². The number of para-hydroxylation sites is 1. The molecule has 2 atom stereocenters. The number of benzene rings is 1. The van der Waals surface area contributed by atoms with E-state index in [-0.39, 0.29) is 5.56 Å². The number of rotatable bonds is 5. The molecule has 1 aromatic heterocycles. The zero-order chi connectivity index (χ0) is 20.5. The molecule has 0 bridgehead atoms. The Morgan fingerprint density at radius 1 is 1.21 bits per heavy atom. The van der Waals surface area contributed by atoms with Crippen LogP contribution in [0.2, 0.25) is 0 Å². The zero-order valence-electron chi connectivity index (χ0n) is 15.2. The first-order valence-corrected chi connectivity index (χ1v) is 8.95. The molecule has 6 nitrogen and oxygen atoms in total. The molecule has 1 amide bonds. The molecule has 1 fully saturated rings.